The van der Waals surface area contributed by atoms with Crippen molar-refractivity contribution in [1.29, 1.82) is 0 Å². The first-order chi connectivity index (χ1) is 8.92. The summed E-state index contributed by atoms with van der Waals surface area (Å²) in [7, 11) is 0. The highest BCUT2D eigenvalue weighted by Gasteiger charge is 2.52. The molecule has 1 aromatic carbocycles. The minimum absolute atomic E-state index is 0.116. The molecule has 0 heterocycles. The molecule has 0 spiro atoms. The van der Waals surface area contributed by atoms with E-state index in [0.717, 1.165) is 25.0 Å². The summed E-state index contributed by atoms with van der Waals surface area (Å²) in [5.74, 6) is -0.116. The summed E-state index contributed by atoms with van der Waals surface area (Å²) in [6.07, 6.45) is -1.15. The minimum Gasteiger partial charge on any atom is -0.353 e. The smallest absolute Gasteiger partial charge is 0.353 e. The fraction of sp³-hybridized carbons (Fsp3) is 0.500. The molecule has 3 rings (SSSR count). The van der Waals surface area contributed by atoms with Gasteiger partial charge in [-0.25, -0.2) is 0 Å². The highest BCUT2D eigenvalue weighted by molar-refractivity contribution is 5.91. The van der Waals surface area contributed by atoms with Gasteiger partial charge in [0, 0.05) is 6.04 Å². The lowest BCUT2D eigenvalue weighted by molar-refractivity contribution is -0.137. The number of halogens is 3. The standard InChI is InChI=1S/C14H14F3NO/c15-14(16,17)10-3-1-2-9(8-10)13(6-7-13)12(19)18-11-4-5-11/h1-3,8,11H,4-7H2,(H,18,19). The van der Waals surface area contributed by atoms with Crippen LogP contribution in [0.4, 0.5) is 13.2 Å². The maximum absolute atomic E-state index is 12.7. The second kappa shape index (κ2) is 3.99. The summed E-state index contributed by atoms with van der Waals surface area (Å²) in [6, 6.07) is 5.38. The SMILES string of the molecule is O=C(NC1CC1)C1(c2cccc(C(F)(F)F)c2)CC1. The molecule has 1 amide bonds. The Balaban J connectivity index is 1.86. The molecule has 0 radical (unpaired) electrons. The van der Waals surface area contributed by atoms with Crippen LogP contribution in [0.5, 0.6) is 0 Å². The van der Waals surface area contributed by atoms with Gasteiger partial charge in [-0.05, 0) is 37.3 Å². The maximum atomic E-state index is 12.7. The molecule has 0 aromatic heterocycles. The van der Waals surface area contributed by atoms with Gasteiger partial charge in [0.15, 0.2) is 0 Å². The maximum Gasteiger partial charge on any atom is 0.416 e. The van der Waals surface area contributed by atoms with Crippen LogP contribution in [0, 0.1) is 0 Å². The van der Waals surface area contributed by atoms with Crippen molar-refractivity contribution in [3.63, 3.8) is 0 Å². The Kier molecular flexibility index (Phi) is 2.62. The topological polar surface area (TPSA) is 29.1 Å². The molecular weight excluding hydrogens is 255 g/mol. The van der Waals surface area contributed by atoms with Crippen molar-refractivity contribution in [2.75, 3.05) is 0 Å². The Hall–Kier alpha value is -1.52. The first-order valence-corrected chi connectivity index (χ1v) is 6.40. The molecule has 2 fully saturated rings. The van der Waals surface area contributed by atoms with Crippen molar-refractivity contribution in [3.05, 3.63) is 35.4 Å². The number of carbonyl (C=O) groups is 1. The Bertz CT molecular complexity index is 516. The molecule has 2 saturated carbocycles. The first kappa shape index (κ1) is 12.5. The van der Waals surface area contributed by atoms with Crippen molar-refractivity contribution in [1.82, 2.24) is 5.32 Å². The summed E-state index contributed by atoms with van der Waals surface area (Å²) in [6.45, 7) is 0. The van der Waals surface area contributed by atoms with E-state index in [4.69, 9.17) is 0 Å². The van der Waals surface area contributed by atoms with Crippen molar-refractivity contribution in [3.8, 4) is 0 Å². The van der Waals surface area contributed by atoms with Gasteiger partial charge >= 0.3 is 6.18 Å². The van der Waals surface area contributed by atoms with Gasteiger partial charge in [0.2, 0.25) is 5.91 Å². The van der Waals surface area contributed by atoms with Gasteiger partial charge in [0.1, 0.15) is 0 Å². The highest BCUT2D eigenvalue weighted by Crippen LogP contribution is 2.49. The van der Waals surface area contributed by atoms with Crippen LogP contribution in [0.3, 0.4) is 0 Å². The quantitative estimate of drug-likeness (QED) is 0.898. The Morgan fingerprint density at radius 2 is 1.95 bits per heavy atom. The Labute approximate surface area is 109 Å². The number of rotatable bonds is 3. The van der Waals surface area contributed by atoms with Gasteiger partial charge in [-0.1, -0.05) is 18.2 Å². The summed E-state index contributed by atoms with van der Waals surface area (Å²) in [4.78, 5) is 12.1. The number of amides is 1. The zero-order valence-electron chi connectivity index (χ0n) is 10.3. The molecular formula is C14H14F3NO. The molecule has 0 atom stereocenters. The number of benzene rings is 1. The van der Waals surface area contributed by atoms with Gasteiger partial charge in [0.05, 0.1) is 11.0 Å². The van der Waals surface area contributed by atoms with Crippen LogP contribution in [-0.4, -0.2) is 11.9 Å². The van der Waals surface area contributed by atoms with E-state index in [9.17, 15) is 18.0 Å². The number of carbonyl (C=O) groups excluding carboxylic acids is 1. The third kappa shape index (κ3) is 2.33. The number of hydrogen-bond donors (Lipinski definition) is 1. The van der Waals surface area contributed by atoms with E-state index >= 15 is 0 Å². The lowest BCUT2D eigenvalue weighted by Crippen LogP contribution is -2.36. The van der Waals surface area contributed by atoms with E-state index in [-0.39, 0.29) is 11.9 Å². The van der Waals surface area contributed by atoms with Gasteiger partial charge in [-0.3, -0.25) is 4.79 Å². The third-order valence-electron chi connectivity index (χ3n) is 3.84. The average molecular weight is 269 g/mol. The highest BCUT2D eigenvalue weighted by atomic mass is 19.4. The van der Waals surface area contributed by atoms with Crippen LogP contribution < -0.4 is 5.32 Å². The van der Waals surface area contributed by atoms with Gasteiger partial charge in [-0.2, -0.15) is 13.2 Å². The summed E-state index contributed by atoms with van der Waals surface area (Å²) in [5, 5.41) is 2.89. The van der Waals surface area contributed by atoms with Crippen LogP contribution in [-0.2, 0) is 16.4 Å². The largest absolute Gasteiger partial charge is 0.416 e. The molecule has 2 nitrogen and oxygen atoms in total. The van der Waals surface area contributed by atoms with Gasteiger partial charge in [-0.15, -0.1) is 0 Å². The van der Waals surface area contributed by atoms with E-state index in [0.29, 0.717) is 18.4 Å². The zero-order valence-corrected chi connectivity index (χ0v) is 10.3. The van der Waals surface area contributed by atoms with Crippen LogP contribution in [0.25, 0.3) is 0 Å². The van der Waals surface area contributed by atoms with Gasteiger partial charge in [0.25, 0.3) is 0 Å². The minimum atomic E-state index is -4.36. The predicted molar refractivity (Wildman–Crippen MR) is 63.5 cm³/mol. The summed E-state index contributed by atoms with van der Waals surface area (Å²) < 4.78 is 38.1. The van der Waals surface area contributed by atoms with E-state index < -0.39 is 17.2 Å². The van der Waals surface area contributed by atoms with Crippen LogP contribution in [0.2, 0.25) is 0 Å². The van der Waals surface area contributed by atoms with E-state index in [1.807, 2.05) is 0 Å². The second-order valence-corrected chi connectivity index (χ2v) is 5.41. The monoisotopic (exact) mass is 269 g/mol. The fourth-order valence-electron chi connectivity index (χ4n) is 2.32. The normalized spacial score (nSPS) is 21.0. The van der Waals surface area contributed by atoms with E-state index in [1.165, 1.54) is 6.07 Å². The fourth-order valence-corrected chi connectivity index (χ4v) is 2.32. The lowest BCUT2D eigenvalue weighted by atomic mass is 9.93. The van der Waals surface area contributed by atoms with Crippen LogP contribution >= 0.6 is 0 Å². The second-order valence-electron chi connectivity index (χ2n) is 5.41. The molecule has 2 aliphatic carbocycles. The summed E-state index contributed by atoms with van der Waals surface area (Å²) >= 11 is 0. The van der Waals surface area contributed by atoms with Crippen LogP contribution in [0.15, 0.2) is 24.3 Å². The molecule has 0 aliphatic heterocycles. The van der Waals surface area contributed by atoms with E-state index in [2.05, 4.69) is 5.32 Å². The molecule has 0 bridgehead atoms. The summed E-state index contributed by atoms with van der Waals surface area (Å²) in [5.41, 5.74) is -0.917. The molecule has 102 valence electrons. The average Bonchev–Trinajstić information content (AvgIpc) is 3.23. The molecule has 1 N–H and O–H groups in total. The van der Waals surface area contributed by atoms with Crippen molar-refractivity contribution in [2.24, 2.45) is 0 Å². The third-order valence-corrected chi connectivity index (χ3v) is 3.84. The zero-order chi connectivity index (χ0) is 13.7. The van der Waals surface area contributed by atoms with Crippen molar-refractivity contribution >= 4 is 5.91 Å². The molecule has 0 saturated heterocycles. The molecule has 19 heavy (non-hydrogen) atoms. The molecule has 0 unspecified atom stereocenters. The molecule has 5 heteroatoms. The molecule has 2 aliphatic rings. The van der Waals surface area contributed by atoms with Crippen molar-refractivity contribution < 1.29 is 18.0 Å². The van der Waals surface area contributed by atoms with Crippen molar-refractivity contribution in [2.45, 2.75) is 43.3 Å². The molecule has 1 aromatic rings. The lowest BCUT2D eigenvalue weighted by Gasteiger charge is -2.17. The predicted octanol–water partition coefficient (Wildman–Crippen LogP) is 3.02. The Morgan fingerprint density at radius 3 is 2.47 bits per heavy atom. The van der Waals surface area contributed by atoms with Crippen LogP contribution in [0.1, 0.15) is 36.8 Å². The first-order valence-electron chi connectivity index (χ1n) is 6.40. The number of alkyl halides is 3. The van der Waals surface area contributed by atoms with E-state index in [1.54, 1.807) is 6.07 Å². The Morgan fingerprint density at radius 1 is 1.26 bits per heavy atom. The van der Waals surface area contributed by atoms with Gasteiger partial charge < -0.3 is 5.32 Å². The number of nitrogens with one attached hydrogen (secondary N) is 1. The number of hydrogen-bond acceptors (Lipinski definition) is 1.